The second kappa shape index (κ2) is 7.23. The van der Waals surface area contributed by atoms with Gasteiger partial charge in [0.15, 0.2) is 11.7 Å². The lowest BCUT2D eigenvalue weighted by Crippen LogP contribution is -2.67. The van der Waals surface area contributed by atoms with Gasteiger partial charge in [0.2, 0.25) is 0 Å². The van der Waals surface area contributed by atoms with Crippen molar-refractivity contribution in [2.45, 2.75) is 37.5 Å². The number of hydrogen-bond donors (Lipinski definition) is 1. The Hall–Kier alpha value is -2.22. The summed E-state index contributed by atoms with van der Waals surface area (Å²) < 4.78 is 14.2. The zero-order chi connectivity index (χ0) is 20.1. The number of aromatic nitrogens is 1. The lowest BCUT2D eigenvalue weighted by molar-refractivity contribution is 0.0240. The second-order valence-electron chi connectivity index (χ2n) is 7.48. The third-order valence-electron chi connectivity index (χ3n) is 5.71. The number of halogens is 3. The first-order valence-electron chi connectivity index (χ1n) is 9.54. The Morgan fingerprint density at radius 3 is 2.86 bits per heavy atom. The predicted octanol–water partition coefficient (Wildman–Crippen LogP) is 3.50. The molecule has 0 spiro atoms. The number of hydrazone groups is 1. The highest BCUT2D eigenvalue weighted by Crippen LogP contribution is 2.35. The molecule has 3 aliphatic heterocycles. The fraction of sp³-hybridized carbons (Fsp3) is 0.350. The Labute approximate surface area is 177 Å². The summed E-state index contributed by atoms with van der Waals surface area (Å²) in [6.45, 7) is 0.725. The van der Waals surface area contributed by atoms with E-state index in [-0.39, 0.29) is 27.8 Å². The summed E-state index contributed by atoms with van der Waals surface area (Å²) in [7, 11) is 0. The van der Waals surface area contributed by atoms with Crippen LogP contribution in [0.5, 0.6) is 0 Å². The SMILES string of the molecule is O=C(c1ccc(Cl)c(F)c1Cl)N1N=C(c2ccccn2)N2CC3CCCC(N3)C21. The Morgan fingerprint density at radius 2 is 2.07 bits per heavy atom. The molecule has 1 aromatic heterocycles. The average Bonchev–Trinajstić information content (AvgIpc) is 3.12. The van der Waals surface area contributed by atoms with Crippen molar-refractivity contribution in [3.05, 3.63) is 63.6 Å². The molecule has 1 N–H and O–H groups in total. The number of amidine groups is 1. The van der Waals surface area contributed by atoms with Crippen molar-refractivity contribution in [3.8, 4) is 0 Å². The molecule has 6 nitrogen and oxygen atoms in total. The monoisotopic (exact) mass is 433 g/mol. The van der Waals surface area contributed by atoms with Crippen LogP contribution in [0.1, 0.15) is 35.3 Å². The van der Waals surface area contributed by atoms with Gasteiger partial charge in [-0.15, -0.1) is 5.10 Å². The minimum Gasteiger partial charge on any atom is -0.328 e. The molecule has 2 fully saturated rings. The molecule has 3 atom stereocenters. The number of hydrogen-bond acceptors (Lipinski definition) is 5. The number of fused-ring (bicyclic) bond motifs is 4. The quantitative estimate of drug-likeness (QED) is 0.736. The summed E-state index contributed by atoms with van der Waals surface area (Å²) in [5.74, 6) is -0.617. The topological polar surface area (TPSA) is 60.8 Å². The van der Waals surface area contributed by atoms with Crippen LogP contribution in [0.2, 0.25) is 10.0 Å². The number of piperidine rings is 1. The van der Waals surface area contributed by atoms with Crippen molar-refractivity contribution in [3.63, 3.8) is 0 Å². The summed E-state index contributed by atoms with van der Waals surface area (Å²) in [4.78, 5) is 19.9. The van der Waals surface area contributed by atoms with Crippen LogP contribution in [0.3, 0.4) is 0 Å². The average molecular weight is 434 g/mol. The standard InChI is InChI=1S/C20H18Cl2FN5O/c21-13-8-7-12(16(22)17(13)23)20(29)28-19-15-6-3-4-11(25-15)10-27(19)18(26-28)14-5-1-2-9-24-14/h1-2,5,7-9,11,15,19,25H,3-4,6,10H2. The highest BCUT2D eigenvalue weighted by molar-refractivity contribution is 6.37. The molecule has 5 rings (SSSR count). The molecule has 9 heteroatoms. The fourth-order valence-electron chi connectivity index (χ4n) is 4.40. The maximum Gasteiger partial charge on any atom is 0.277 e. The first-order chi connectivity index (χ1) is 14.0. The van der Waals surface area contributed by atoms with E-state index in [4.69, 9.17) is 23.2 Å². The van der Waals surface area contributed by atoms with Crippen LogP contribution in [0.15, 0.2) is 41.6 Å². The highest BCUT2D eigenvalue weighted by Gasteiger charge is 2.49. The normalized spacial score (nSPS) is 25.6. The van der Waals surface area contributed by atoms with Gasteiger partial charge >= 0.3 is 0 Å². The second-order valence-corrected chi connectivity index (χ2v) is 8.26. The number of amides is 1. The molecule has 2 bridgehead atoms. The van der Waals surface area contributed by atoms with Crippen LogP contribution in [-0.2, 0) is 0 Å². The van der Waals surface area contributed by atoms with Gasteiger partial charge in [-0.05, 0) is 37.1 Å². The number of carbonyl (C=O) groups is 1. The van der Waals surface area contributed by atoms with Gasteiger partial charge in [-0.1, -0.05) is 35.7 Å². The van der Waals surface area contributed by atoms with Gasteiger partial charge < -0.3 is 10.2 Å². The Balaban J connectivity index is 1.58. The van der Waals surface area contributed by atoms with Crippen LogP contribution in [-0.4, -0.2) is 51.4 Å². The van der Waals surface area contributed by atoms with Gasteiger partial charge in [-0.3, -0.25) is 9.78 Å². The van der Waals surface area contributed by atoms with E-state index in [1.165, 1.54) is 17.1 Å². The lowest BCUT2D eigenvalue weighted by atomic mass is 9.91. The number of nitrogens with zero attached hydrogens (tertiary/aromatic N) is 4. The first-order valence-corrected chi connectivity index (χ1v) is 10.3. The van der Waals surface area contributed by atoms with Gasteiger partial charge in [0.25, 0.3) is 5.91 Å². The third kappa shape index (κ3) is 3.08. The molecule has 3 aliphatic rings. The van der Waals surface area contributed by atoms with Crippen LogP contribution in [0, 0.1) is 5.82 Å². The van der Waals surface area contributed by atoms with Gasteiger partial charge in [0, 0.05) is 24.8 Å². The zero-order valence-corrected chi connectivity index (χ0v) is 16.9. The van der Waals surface area contributed by atoms with E-state index >= 15 is 0 Å². The summed E-state index contributed by atoms with van der Waals surface area (Å²) in [6.07, 6.45) is 4.48. The van der Waals surface area contributed by atoms with Crippen molar-refractivity contribution in [2.24, 2.45) is 5.10 Å². The van der Waals surface area contributed by atoms with Gasteiger partial charge in [-0.2, -0.15) is 0 Å². The summed E-state index contributed by atoms with van der Waals surface area (Å²) in [5.41, 5.74) is 0.735. The number of rotatable bonds is 2. The van der Waals surface area contributed by atoms with Crippen molar-refractivity contribution in [1.82, 2.24) is 20.2 Å². The summed E-state index contributed by atoms with van der Waals surface area (Å²) in [6, 6.07) is 8.77. The molecule has 3 unspecified atom stereocenters. The predicted molar refractivity (Wildman–Crippen MR) is 108 cm³/mol. The zero-order valence-electron chi connectivity index (χ0n) is 15.4. The molecule has 2 aromatic rings. The smallest absolute Gasteiger partial charge is 0.277 e. The van der Waals surface area contributed by atoms with Crippen molar-refractivity contribution in [2.75, 3.05) is 6.54 Å². The van der Waals surface area contributed by atoms with Gasteiger partial charge in [0.1, 0.15) is 11.9 Å². The van der Waals surface area contributed by atoms with Crippen molar-refractivity contribution < 1.29 is 9.18 Å². The van der Waals surface area contributed by atoms with Crippen LogP contribution < -0.4 is 5.32 Å². The van der Waals surface area contributed by atoms with E-state index in [2.05, 4.69) is 20.3 Å². The van der Waals surface area contributed by atoms with Crippen LogP contribution in [0.4, 0.5) is 4.39 Å². The van der Waals surface area contributed by atoms with Gasteiger partial charge in [0.05, 0.1) is 15.6 Å². The molecule has 0 saturated carbocycles. The molecule has 2 saturated heterocycles. The maximum atomic E-state index is 14.2. The van der Waals surface area contributed by atoms with E-state index in [1.54, 1.807) is 6.20 Å². The van der Waals surface area contributed by atoms with E-state index in [1.807, 2.05) is 18.2 Å². The largest absolute Gasteiger partial charge is 0.328 e. The molecular formula is C20H18Cl2FN5O. The van der Waals surface area contributed by atoms with Crippen molar-refractivity contribution in [1.29, 1.82) is 0 Å². The molecule has 29 heavy (non-hydrogen) atoms. The van der Waals surface area contributed by atoms with E-state index in [0.29, 0.717) is 17.6 Å². The lowest BCUT2D eigenvalue weighted by Gasteiger charge is -2.47. The molecule has 0 radical (unpaired) electrons. The Bertz CT molecular complexity index is 1000. The molecule has 1 amide bonds. The van der Waals surface area contributed by atoms with Crippen LogP contribution in [0.25, 0.3) is 0 Å². The third-order valence-corrected chi connectivity index (χ3v) is 6.37. The molecular weight excluding hydrogens is 416 g/mol. The maximum absolute atomic E-state index is 14.2. The number of pyridine rings is 1. The highest BCUT2D eigenvalue weighted by atomic mass is 35.5. The number of nitrogens with one attached hydrogen (secondary N) is 1. The molecule has 4 heterocycles. The first kappa shape index (κ1) is 18.8. The van der Waals surface area contributed by atoms with E-state index in [0.717, 1.165) is 25.8 Å². The van der Waals surface area contributed by atoms with Crippen LogP contribution >= 0.6 is 23.2 Å². The molecule has 1 aromatic carbocycles. The Morgan fingerprint density at radius 1 is 1.21 bits per heavy atom. The summed E-state index contributed by atoms with van der Waals surface area (Å²) in [5, 5.41) is 9.25. The summed E-state index contributed by atoms with van der Waals surface area (Å²) >= 11 is 11.9. The van der Waals surface area contributed by atoms with E-state index in [9.17, 15) is 9.18 Å². The molecule has 0 aliphatic carbocycles. The fourth-order valence-corrected chi connectivity index (χ4v) is 4.85. The number of piperazine rings is 1. The van der Waals surface area contributed by atoms with E-state index < -0.39 is 11.7 Å². The Kier molecular flexibility index (Phi) is 4.69. The van der Waals surface area contributed by atoms with Gasteiger partial charge in [-0.25, -0.2) is 9.40 Å². The minimum absolute atomic E-state index is 0.0393. The minimum atomic E-state index is -0.802. The molecule has 150 valence electrons. The van der Waals surface area contributed by atoms with Crippen molar-refractivity contribution >= 4 is 34.9 Å². The number of benzene rings is 1. The number of carbonyl (C=O) groups excluding carboxylic acids is 1.